The van der Waals surface area contributed by atoms with Crippen LogP contribution in [0.5, 0.6) is 0 Å². The predicted molar refractivity (Wildman–Crippen MR) is 77.6 cm³/mol. The van der Waals surface area contributed by atoms with Gasteiger partial charge in [0.25, 0.3) is 0 Å². The van der Waals surface area contributed by atoms with Crippen LogP contribution in [-0.4, -0.2) is 22.6 Å². The van der Waals surface area contributed by atoms with E-state index >= 15 is 0 Å². The van der Waals surface area contributed by atoms with Gasteiger partial charge in [0, 0.05) is 5.92 Å². The van der Waals surface area contributed by atoms with E-state index in [9.17, 15) is 14.7 Å². The Balaban J connectivity index is 1.88. The first-order valence-corrected chi connectivity index (χ1v) is 8.15. The summed E-state index contributed by atoms with van der Waals surface area (Å²) in [5.74, 6) is 0.744. The van der Waals surface area contributed by atoms with Gasteiger partial charge in [-0.3, -0.25) is 9.59 Å². The number of carbonyl (C=O) groups excluding carboxylic acids is 1. The average molecular weight is 294 g/mol. The van der Waals surface area contributed by atoms with Crippen molar-refractivity contribution in [1.29, 1.82) is 0 Å². The molecule has 4 aliphatic rings. The maximum atomic E-state index is 12.4. The van der Waals surface area contributed by atoms with E-state index in [1.807, 2.05) is 20.8 Å². The molecule has 0 radical (unpaired) electrons. The Morgan fingerprint density at radius 2 is 1.71 bits per heavy atom. The number of carboxylic acid groups (broad SMARTS) is 1. The largest absolute Gasteiger partial charge is 0.481 e. The van der Waals surface area contributed by atoms with Crippen LogP contribution in [0.25, 0.3) is 0 Å². The maximum absolute atomic E-state index is 12.4. The highest BCUT2D eigenvalue weighted by Gasteiger charge is 2.60. The van der Waals surface area contributed by atoms with Gasteiger partial charge in [-0.2, -0.15) is 0 Å². The smallest absolute Gasteiger partial charge is 0.311 e. The van der Waals surface area contributed by atoms with Gasteiger partial charge in [-0.15, -0.1) is 0 Å². The van der Waals surface area contributed by atoms with Gasteiger partial charge in [0.2, 0.25) is 0 Å². The fourth-order valence-corrected chi connectivity index (χ4v) is 5.11. The average Bonchev–Trinajstić information content (AvgIpc) is 2.31. The van der Waals surface area contributed by atoms with E-state index in [0.29, 0.717) is 17.8 Å². The summed E-state index contributed by atoms with van der Waals surface area (Å²) in [5, 5.41) is 9.27. The molecule has 4 aliphatic carbocycles. The second kappa shape index (κ2) is 4.72. The molecule has 0 aromatic carbocycles. The van der Waals surface area contributed by atoms with Crippen molar-refractivity contribution in [2.45, 2.75) is 64.9 Å². The van der Waals surface area contributed by atoms with Crippen molar-refractivity contribution >= 4 is 11.9 Å². The van der Waals surface area contributed by atoms with Crippen LogP contribution in [0.15, 0.2) is 0 Å². The molecular weight excluding hydrogens is 268 g/mol. The zero-order chi connectivity index (χ0) is 15.4. The fourth-order valence-electron chi connectivity index (χ4n) is 5.11. The normalized spacial score (nSPS) is 41.1. The second-order valence-corrected chi connectivity index (χ2v) is 8.52. The third-order valence-electron chi connectivity index (χ3n) is 5.75. The Kier molecular flexibility index (Phi) is 3.34. The highest BCUT2D eigenvalue weighted by atomic mass is 16.6. The van der Waals surface area contributed by atoms with E-state index in [1.54, 1.807) is 0 Å². The number of esters is 1. The first-order valence-electron chi connectivity index (χ1n) is 8.15. The Labute approximate surface area is 126 Å². The topological polar surface area (TPSA) is 63.6 Å². The quantitative estimate of drug-likeness (QED) is 0.812. The Morgan fingerprint density at radius 1 is 1.14 bits per heavy atom. The van der Waals surface area contributed by atoms with Crippen LogP contribution in [-0.2, 0) is 14.3 Å². The van der Waals surface area contributed by atoms with Crippen LogP contribution in [0, 0.1) is 29.1 Å². The van der Waals surface area contributed by atoms with Crippen LogP contribution in [0.1, 0.15) is 59.3 Å². The van der Waals surface area contributed by atoms with Gasteiger partial charge in [-0.25, -0.2) is 0 Å². The molecule has 4 nitrogen and oxygen atoms in total. The molecule has 1 N–H and O–H groups in total. The minimum Gasteiger partial charge on any atom is -0.481 e. The van der Waals surface area contributed by atoms with E-state index in [4.69, 9.17) is 4.74 Å². The van der Waals surface area contributed by atoms with Gasteiger partial charge >= 0.3 is 11.9 Å². The molecule has 0 spiro atoms. The van der Waals surface area contributed by atoms with Crippen molar-refractivity contribution in [1.82, 2.24) is 0 Å². The van der Waals surface area contributed by atoms with Gasteiger partial charge in [0.05, 0.1) is 11.8 Å². The summed E-state index contributed by atoms with van der Waals surface area (Å²) in [6.07, 6.45) is 5.39. The molecule has 0 aromatic heterocycles. The molecule has 4 rings (SSSR count). The molecule has 3 unspecified atom stereocenters. The van der Waals surface area contributed by atoms with Gasteiger partial charge in [0.1, 0.15) is 5.60 Å². The number of carboxylic acids is 1. The molecule has 118 valence electrons. The van der Waals surface area contributed by atoms with Crippen molar-refractivity contribution in [3.63, 3.8) is 0 Å². The van der Waals surface area contributed by atoms with Crippen LogP contribution in [0.2, 0.25) is 0 Å². The molecule has 4 bridgehead atoms. The maximum Gasteiger partial charge on any atom is 0.311 e. The lowest BCUT2D eigenvalue weighted by atomic mass is 9.49. The first-order chi connectivity index (χ1) is 9.69. The zero-order valence-electron chi connectivity index (χ0n) is 13.2. The molecule has 0 aliphatic heterocycles. The van der Waals surface area contributed by atoms with Crippen molar-refractivity contribution in [3.8, 4) is 0 Å². The van der Waals surface area contributed by atoms with Gasteiger partial charge in [-0.1, -0.05) is 0 Å². The molecule has 0 saturated heterocycles. The Morgan fingerprint density at radius 3 is 2.19 bits per heavy atom. The lowest BCUT2D eigenvalue weighted by Crippen LogP contribution is -2.60. The summed E-state index contributed by atoms with van der Waals surface area (Å²) in [5.41, 5.74) is -1.03. The van der Waals surface area contributed by atoms with Crippen LogP contribution >= 0.6 is 0 Å². The van der Waals surface area contributed by atoms with Crippen LogP contribution < -0.4 is 0 Å². The fraction of sp³-hybridized carbons (Fsp3) is 0.882. The first kappa shape index (κ1) is 14.9. The molecule has 4 saturated carbocycles. The van der Waals surface area contributed by atoms with Crippen molar-refractivity contribution in [2.75, 3.05) is 0 Å². The number of ether oxygens (including phenoxy) is 1. The molecule has 21 heavy (non-hydrogen) atoms. The molecule has 4 heteroatoms. The molecule has 3 atom stereocenters. The molecular formula is C17H26O4. The Hall–Kier alpha value is -1.06. The zero-order valence-corrected chi connectivity index (χ0v) is 13.2. The minimum atomic E-state index is -0.765. The highest BCUT2D eigenvalue weighted by Crippen LogP contribution is 2.61. The molecule has 0 heterocycles. The number of hydrogen-bond acceptors (Lipinski definition) is 3. The summed E-state index contributed by atoms with van der Waals surface area (Å²) in [4.78, 5) is 23.7. The summed E-state index contributed by atoms with van der Waals surface area (Å²) in [7, 11) is 0. The molecule has 0 amide bonds. The monoisotopic (exact) mass is 294 g/mol. The summed E-state index contributed by atoms with van der Waals surface area (Å²) < 4.78 is 6.03. The van der Waals surface area contributed by atoms with E-state index in [2.05, 4.69) is 0 Å². The lowest BCUT2D eigenvalue weighted by Gasteiger charge is -2.60. The highest BCUT2D eigenvalue weighted by molar-refractivity contribution is 5.76. The number of rotatable bonds is 3. The van der Waals surface area contributed by atoms with Crippen molar-refractivity contribution in [3.05, 3.63) is 0 Å². The van der Waals surface area contributed by atoms with Gasteiger partial charge in [0.15, 0.2) is 0 Å². The minimum absolute atomic E-state index is 0.00843. The van der Waals surface area contributed by atoms with Crippen molar-refractivity contribution < 1.29 is 19.4 Å². The summed E-state index contributed by atoms with van der Waals surface area (Å²) >= 11 is 0. The SMILES string of the molecule is CC(C)(C)C(=O)OC12CC3CC(CC(C3)C1CC(=O)O)C2. The number of aliphatic carboxylic acids is 1. The van der Waals surface area contributed by atoms with E-state index in [1.165, 1.54) is 6.42 Å². The standard InChI is InChI=1S/C17H26O4/c1-16(2,3)15(20)21-17-8-10-4-11(9-17)6-12(5-10)13(17)7-14(18)19/h10-13H,4-9H2,1-3H3,(H,18,19). The van der Waals surface area contributed by atoms with E-state index < -0.39 is 17.0 Å². The third-order valence-corrected chi connectivity index (χ3v) is 5.75. The van der Waals surface area contributed by atoms with E-state index in [-0.39, 0.29) is 18.3 Å². The van der Waals surface area contributed by atoms with Crippen LogP contribution in [0.3, 0.4) is 0 Å². The van der Waals surface area contributed by atoms with Crippen LogP contribution in [0.4, 0.5) is 0 Å². The second-order valence-electron chi connectivity index (χ2n) is 8.52. The van der Waals surface area contributed by atoms with Gasteiger partial charge in [-0.05, 0) is 70.6 Å². The lowest BCUT2D eigenvalue weighted by molar-refractivity contribution is -0.217. The number of carbonyl (C=O) groups is 2. The summed E-state index contributed by atoms with van der Waals surface area (Å²) in [6.45, 7) is 5.59. The Bertz CT molecular complexity index is 448. The third kappa shape index (κ3) is 2.58. The van der Waals surface area contributed by atoms with Crippen molar-refractivity contribution in [2.24, 2.45) is 29.1 Å². The molecule has 4 fully saturated rings. The molecule has 0 aromatic rings. The number of hydrogen-bond donors (Lipinski definition) is 1. The van der Waals surface area contributed by atoms with Gasteiger partial charge < -0.3 is 9.84 Å². The summed E-state index contributed by atoms with van der Waals surface area (Å²) in [6, 6.07) is 0. The predicted octanol–water partition coefficient (Wildman–Crippen LogP) is 3.25. The van der Waals surface area contributed by atoms with E-state index in [0.717, 1.165) is 25.7 Å².